The first kappa shape index (κ1) is 22.6. The molecule has 4 aromatic rings. The monoisotopic (exact) mass is 460 g/mol. The van der Waals surface area contributed by atoms with Gasteiger partial charge < -0.3 is 15.5 Å². The van der Waals surface area contributed by atoms with E-state index in [-0.39, 0.29) is 11.6 Å². The third-order valence-electron chi connectivity index (χ3n) is 5.06. The second kappa shape index (κ2) is 9.49. The molecule has 0 radical (unpaired) electrons. The molecule has 0 bridgehead atoms. The van der Waals surface area contributed by atoms with Crippen molar-refractivity contribution >= 4 is 40.0 Å². The van der Waals surface area contributed by atoms with E-state index in [1.807, 2.05) is 26.2 Å². The highest BCUT2D eigenvalue weighted by Gasteiger charge is 2.14. The summed E-state index contributed by atoms with van der Waals surface area (Å²) in [4.78, 5) is 33.8. The lowest BCUT2D eigenvalue weighted by Gasteiger charge is -2.15. The maximum absolute atomic E-state index is 13.0. The van der Waals surface area contributed by atoms with Crippen molar-refractivity contribution in [2.45, 2.75) is 6.54 Å². The molecule has 0 atom stereocenters. The Labute approximate surface area is 194 Å². The Kier molecular flexibility index (Phi) is 6.30. The van der Waals surface area contributed by atoms with E-state index in [4.69, 9.17) is 0 Å². The molecule has 172 valence electrons. The zero-order chi connectivity index (χ0) is 24.2. The van der Waals surface area contributed by atoms with Crippen LogP contribution < -0.4 is 15.5 Å². The minimum atomic E-state index is -0.456. The van der Waals surface area contributed by atoms with Crippen molar-refractivity contribution in [3.8, 4) is 0 Å². The number of halogens is 1. The number of hydrogen-bond donors (Lipinski definition) is 2. The average molecular weight is 460 g/mol. The van der Waals surface area contributed by atoms with Crippen molar-refractivity contribution in [2.75, 3.05) is 29.6 Å². The molecule has 9 nitrogen and oxygen atoms in total. The number of benzene rings is 3. The largest absolute Gasteiger partial charge is 0.365 e. The molecule has 1 aromatic heterocycles. The fourth-order valence-electron chi connectivity index (χ4n) is 3.25. The van der Waals surface area contributed by atoms with E-state index in [9.17, 15) is 19.3 Å². The summed E-state index contributed by atoms with van der Waals surface area (Å²) in [6.07, 6.45) is 0. The number of non-ortho nitro benzene ring substituents is 1. The van der Waals surface area contributed by atoms with Crippen LogP contribution in [0.4, 0.5) is 27.5 Å². The standard InChI is InChI=1S/C24H21FN6O3/c1-30(2)24-28-21-12-11-19(31(33)34)13-20(21)22(29-24)26-14-15-3-9-18(10-4-15)27-23(32)16-5-7-17(25)8-6-16/h3-13H,14H2,1-2H3,(H,27,32)(H,26,28,29). The molecule has 0 aliphatic heterocycles. The highest BCUT2D eigenvalue weighted by molar-refractivity contribution is 6.04. The van der Waals surface area contributed by atoms with Crippen molar-refractivity contribution in [3.63, 3.8) is 0 Å². The quantitative estimate of drug-likeness (QED) is 0.306. The van der Waals surface area contributed by atoms with Crippen LogP contribution in [-0.4, -0.2) is 34.9 Å². The van der Waals surface area contributed by atoms with Crippen LogP contribution in [0.5, 0.6) is 0 Å². The Morgan fingerprint density at radius 2 is 1.74 bits per heavy atom. The summed E-state index contributed by atoms with van der Waals surface area (Å²) < 4.78 is 13.0. The van der Waals surface area contributed by atoms with Crippen molar-refractivity contribution in [3.05, 3.63) is 93.8 Å². The van der Waals surface area contributed by atoms with Gasteiger partial charge in [0.05, 0.1) is 10.4 Å². The molecule has 0 aliphatic carbocycles. The maximum Gasteiger partial charge on any atom is 0.270 e. The molecule has 4 rings (SSSR count). The second-order valence-corrected chi connectivity index (χ2v) is 7.74. The summed E-state index contributed by atoms with van der Waals surface area (Å²) >= 11 is 0. The van der Waals surface area contributed by atoms with Crippen LogP contribution in [0.25, 0.3) is 10.9 Å². The van der Waals surface area contributed by atoms with E-state index >= 15 is 0 Å². The van der Waals surface area contributed by atoms with Crippen LogP contribution in [0.3, 0.4) is 0 Å². The third kappa shape index (κ3) is 5.07. The molecule has 34 heavy (non-hydrogen) atoms. The zero-order valence-electron chi connectivity index (χ0n) is 18.4. The molecule has 0 aliphatic rings. The fourth-order valence-corrected chi connectivity index (χ4v) is 3.25. The van der Waals surface area contributed by atoms with Gasteiger partial charge in [0.15, 0.2) is 0 Å². The summed E-state index contributed by atoms with van der Waals surface area (Å²) in [6.45, 7) is 0.397. The molecule has 3 aromatic carbocycles. The lowest BCUT2D eigenvalue weighted by molar-refractivity contribution is -0.384. The van der Waals surface area contributed by atoms with Gasteiger partial charge in [-0.2, -0.15) is 4.98 Å². The number of hydrogen-bond acceptors (Lipinski definition) is 7. The SMILES string of the molecule is CN(C)c1nc(NCc2ccc(NC(=O)c3ccc(F)cc3)cc2)c2cc([N+](=O)[O-])ccc2n1. The van der Waals surface area contributed by atoms with E-state index < -0.39 is 10.7 Å². The lowest BCUT2D eigenvalue weighted by Crippen LogP contribution is -2.14. The van der Waals surface area contributed by atoms with E-state index in [0.29, 0.717) is 40.5 Å². The number of nitrogens with one attached hydrogen (secondary N) is 2. The van der Waals surface area contributed by atoms with Crippen molar-refractivity contribution in [2.24, 2.45) is 0 Å². The normalized spacial score (nSPS) is 10.7. The van der Waals surface area contributed by atoms with E-state index in [1.54, 1.807) is 23.1 Å². The number of aromatic nitrogens is 2. The van der Waals surface area contributed by atoms with Gasteiger partial charge in [-0.25, -0.2) is 9.37 Å². The molecule has 0 fully saturated rings. The molecule has 10 heteroatoms. The minimum Gasteiger partial charge on any atom is -0.365 e. The number of rotatable bonds is 7. The molecule has 0 saturated heterocycles. The average Bonchev–Trinajstić information content (AvgIpc) is 2.83. The molecule has 1 amide bonds. The van der Waals surface area contributed by atoms with Crippen molar-refractivity contribution < 1.29 is 14.1 Å². The zero-order valence-corrected chi connectivity index (χ0v) is 18.4. The molecular formula is C24H21FN6O3. The summed E-state index contributed by atoms with van der Waals surface area (Å²) in [5, 5.41) is 17.8. The highest BCUT2D eigenvalue weighted by atomic mass is 19.1. The molecule has 0 unspecified atom stereocenters. The van der Waals surface area contributed by atoms with Crippen LogP contribution in [0.2, 0.25) is 0 Å². The van der Waals surface area contributed by atoms with Crippen LogP contribution in [0.15, 0.2) is 66.7 Å². The Hall–Kier alpha value is -4.60. The molecule has 2 N–H and O–H groups in total. The van der Waals surface area contributed by atoms with Crippen molar-refractivity contribution in [1.82, 2.24) is 9.97 Å². The molecule has 0 spiro atoms. The smallest absolute Gasteiger partial charge is 0.270 e. The Morgan fingerprint density at radius 3 is 2.38 bits per heavy atom. The Bertz CT molecular complexity index is 1360. The van der Waals surface area contributed by atoms with Gasteiger partial charge in [0.2, 0.25) is 5.95 Å². The lowest BCUT2D eigenvalue weighted by atomic mass is 10.1. The Morgan fingerprint density at radius 1 is 1.03 bits per heavy atom. The summed E-state index contributed by atoms with van der Waals surface area (Å²) in [5.74, 6) is 0.210. The maximum atomic E-state index is 13.0. The van der Waals surface area contributed by atoms with Gasteiger partial charge >= 0.3 is 0 Å². The van der Waals surface area contributed by atoms with Crippen LogP contribution in [0, 0.1) is 15.9 Å². The number of carbonyl (C=O) groups excluding carboxylic acids is 1. The number of carbonyl (C=O) groups is 1. The highest BCUT2D eigenvalue weighted by Crippen LogP contribution is 2.27. The van der Waals surface area contributed by atoms with Crippen LogP contribution >= 0.6 is 0 Å². The van der Waals surface area contributed by atoms with E-state index in [2.05, 4.69) is 20.6 Å². The number of amides is 1. The minimum absolute atomic E-state index is 0.0435. The van der Waals surface area contributed by atoms with E-state index in [0.717, 1.165) is 5.56 Å². The molecule has 1 heterocycles. The predicted octanol–water partition coefficient (Wildman–Crippen LogP) is 4.61. The van der Waals surface area contributed by atoms with Gasteiger partial charge in [0.1, 0.15) is 11.6 Å². The number of anilines is 3. The number of nitrogens with zero attached hydrogens (tertiary/aromatic N) is 4. The van der Waals surface area contributed by atoms with Gasteiger partial charge in [0, 0.05) is 49.4 Å². The number of nitro groups is 1. The second-order valence-electron chi connectivity index (χ2n) is 7.74. The fraction of sp³-hybridized carbons (Fsp3) is 0.125. The topological polar surface area (TPSA) is 113 Å². The van der Waals surface area contributed by atoms with Gasteiger partial charge in [-0.15, -0.1) is 0 Å². The van der Waals surface area contributed by atoms with Gasteiger partial charge in [-0.05, 0) is 48.0 Å². The first-order chi connectivity index (χ1) is 16.3. The van der Waals surface area contributed by atoms with Gasteiger partial charge in [-0.1, -0.05) is 12.1 Å². The first-order valence-electron chi connectivity index (χ1n) is 10.3. The third-order valence-corrected chi connectivity index (χ3v) is 5.06. The van der Waals surface area contributed by atoms with Gasteiger partial charge in [-0.3, -0.25) is 14.9 Å². The summed E-state index contributed by atoms with van der Waals surface area (Å²) in [5.41, 5.74) is 2.40. The van der Waals surface area contributed by atoms with E-state index in [1.165, 1.54) is 36.4 Å². The summed E-state index contributed by atoms with van der Waals surface area (Å²) in [7, 11) is 3.63. The summed E-state index contributed by atoms with van der Waals surface area (Å²) in [6, 6.07) is 17.0. The van der Waals surface area contributed by atoms with Crippen LogP contribution in [-0.2, 0) is 6.54 Å². The van der Waals surface area contributed by atoms with Crippen molar-refractivity contribution in [1.29, 1.82) is 0 Å². The predicted molar refractivity (Wildman–Crippen MR) is 129 cm³/mol. The van der Waals surface area contributed by atoms with Gasteiger partial charge in [0.25, 0.3) is 11.6 Å². The number of nitro benzene ring substituents is 1. The van der Waals surface area contributed by atoms with Crippen LogP contribution in [0.1, 0.15) is 15.9 Å². The molecule has 0 saturated carbocycles. The Balaban J connectivity index is 1.50. The first-order valence-corrected chi connectivity index (χ1v) is 10.3. The number of fused-ring (bicyclic) bond motifs is 1. The molecular weight excluding hydrogens is 439 g/mol.